The van der Waals surface area contributed by atoms with Gasteiger partial charge in [0.1, 0.15) is 0 Å². The van der Waals surface area contributed by atoms with E-state index < -0.39 is 0 Å². The molecule has 3 aromatic heterocycles. The molecule has 0 aliphatic heterocycles. The van der Waals surface area contributed by atoms with Crippen molar-refractivity contribution in [2.24, 2.45) is 0 Å². The van der Waals surface area contributed by atoms with Gasteiger partial charge in [0.2, 0.25) is 17.2 Å². The average molecular weight is 474 g/mol. The van der Waals surface area contributed by atoms with Crippen molar-refractivity contribution in [1.29, 1.82) is 10.5 Å². The van der Waals surface area contributed by atoms with Crippen molar-refractivity contribution in [2.45, 2.75) is 0 Å². The molecular formula is C29H14N8. The summed E-state index contributed by atoms with van der Waals surface area (Å²) in [5.41, 5.74) is 6.39. The molecule has 170 valence electrons. The maximum absolute atomic E-state index is 9.87. The molecule has 0 aliphatic carbocycles. The van der Waals surface area contributed by atoms with Gasteiger partial charge in [-0.15, -0.1) is 0 Å². The lowest BCUT2D eigenvalue weighted by molar-refractivity contribution is 1.03. The van der Waals surface area contributed by atoms with Gasteiger partial charge in [-0.3, -0.25) is 8.80 Å². The minimum absolute atomic E-state index is 0.260. The molecule has 7 rings (SSSR count). The second-order valence-corrected chi connectivity index (χ2v) is 8.55. The molecule has 7 aromatic rings. The van der Waals surface area contributed by atoms with Crippen LogP contribution in [0.25, 0.3) is 55.2 Å². The van der Waals surface area contributed by atoms with Crippen molar-refractivity contribution < 1.29 is 0 Å². The summed E-state index contributed by atoms with van der Waals surface area (Å²) in [6.45, 7) is 7.72. The smallest absolute Gasteiger partial charge is 0.223 e. The van der Waals surface area contributed by atoms with E-state index in [4.69, 9.17) is 16.5 Å². The molecule has 0 saturated carbocycles. The summed E-state index contributed by atoms with van der Waals surface area (Å²) in [4.78, 5) is 13.6. The SMILES string of the molecule is [C-]#[N+]c1cc2c(cc1C#N)n1c3ccccc3nc1n(-c1cccc(C#N)c1)c1nc3ccccc3n21. The van der Waals surface area contributed by atoms with Gasteiger partial charge < -0.3 is 0 Å². The fourth-order valence-corrected chi connectivity index (χ4v) is 4.94. The number of hydrogen-bond donors (Lipinski definition) is 0. The molecule has 8 nitrogen and oxygen atoms in total. The van der Waals surface area contributed by atoms with Gasteiger partial charge in [0.15, 0.2) is 0 Å². The van der Waals surface area contributed by atoms with E-state index in [9.17, 15) is 10.5 Å². The van der Waals surface area contributed by atoms with Crippen LogP contribution in [-0.4, -0.2) is 23.3 Å². The number of nitriles is 2. The zero-order valence-corrected chi connectivity index (χ0v) is 19.2. The number of para-hydroxylation sites is 4. The van der Waals surface area contributed by atoms with Gasteiger partial charge in [0.05, 0.1) is 68.6 Å². The zero-order valence-electron chi connectivity index (χ0n) is 19.2. The van der Waals surface area contributed by atoms with Crippen LogP contribution >= 0.6 is 0 Å². The Hall–Kier alpha value is -5.91. The van der Waals surface area contributed by atoms with Gasteiger partial charge in [0, 0.05) is 0 Å². The molecule has 8 heteroatoms. The quantitative estimate of drug-likeness (QED) is 0.269. The molecule has 0 amide bonds. The minimum Gasteiger partial charge on any atom is -0.277 e. The second kappa shape index (κ2) is 7.55. The topological polar surface area (TPSA) is 91.5 Å². The van der Waals surface area contributed by atoms with Gasteiger partial charge in [-0.1, -0.05) is 30.3 Å². The maximum atomic E-state index is 9.87. The Morgan fingerprint density at radius 1 is 0.676 bits per heavy atom. The second-order valence-electron chi connectivity index (χ2n) is 8.55. The van der Waals surface area contributed by atoms with Crippen molar-refractivity contribution in [3.05, 3.63) is 107 Å². The lowest BCUT2D eigenvalue weighted by Gasteiger charge is -2.07. The number of benzene rings is 4. The molecular weight excluding hydrogens is 460 g/mol. The zero-order chi connectivity index (χ0) is 25.1. The van der Waals surface area contributed by atoms with E-state index in [1.165, 1.54) is 0 Å². The molecule has 0 radical (unpaired) electrons. The van der Waals surface area contributed by atoms with Crippen molar-refractivity contribution in [3.63, 3.8) is 0 Å². The summed E-state index contributed by atoms with van der Waals surface area (Å²) in [5.74, 6) is 1.12. The average Bonchev–Trinajstić information content (AvgIpc) is 3.48. The third kappa shape index (κ3) is 2.80. The molecule has 3 heterocycles. The van der Waals surface area contributed by atoms with Crippen LogP contribution in [0, 0.1) is 29.2 Å². The number of rotatable bonds is 1. The van der Waals surface area contributed by atoms with Crippen LogP contribution in [0.15, 0.2) is 84.9 Å². The standard InChI is InChI=1S/C29H14N8/c1-32-23-15-27-26(14-19(23)17-31)36-24-11-4-2-9-21(24)33-28(36)35(20-8-6-7-18(13-20)16-30)29-34-22-10-3-5-12-25(22)37(27)29/h2-15H. The Morgan fingerprint density at radius 2 is 1.30 bits per heavy atom. The van der Waals surface area contributed by atoms with E-state index in [-0.39, 0.29) is 11.3 Å². The van der Waals surface area contributed by atoms with Crippen LogP contribution in [0.3, 0.4) is 0 Å². The van der Waals surface area contributed by atoms with Crippen LogP contribution in [-0.2, 0) is 0 Å². The van der Waals surface area contributed by atoms with Gasteiger partial charge >= 0.3 is 0 Å². The van der Waals surface area contributed by atoms with Gasteiger partial charge in [-0.2, -0.15) is 10.5 Å². The number of fused-ring (bicyclic) bond motifs is 9. The third-order valence-corrected chi connectivity index (χ3v) is 6.54. The van der Waals surface area contributed by atoms with E-state index in [2.05, 4.69) is 17.0 Å². The third-order valence-electron chi connectivity index (χ3n) is 6.54. The monoisotopic (exact) mass is 474 g/mol. The Bertz CT molecular complexity index is 2110. The van der Waals surface area contributed by atoms with Gasteiger partial charge in [-0.05, 0) is 54.6 Å². The normalized spacial score (nSPS) is 11.2. The number of nitrogens with zero attached hydrogens (tertiary/aromatic N) is 8. The molecule has 0 spiro atoms. The Kier molecular flexibility index (Phi) is 4.17. The first kappa shape index (κ1) is 20.5. The lowest BCUT2D eigenvalue weighted by Crippen LogP contribution is -2.02. The van der Waals surface area contributed by atoms with E-state index in [0.717, 1.165) is 22.1 Å². The van der Waals surface area contributed by atoms with Crippen LogP contribution < -0.4 is 0 Å². The summed E-state index contributed by atoms with van der Waals surface area (Å²) in [7, 11) is 0. The molecule has 4 aromatic carbocycles. The lowest BCUT2D eigenvalue weighted by atomic mass is 10.1. The number of hydrogen-bond acceptors (Lipinski definition) is 4. The predicted octanol–water partition coefficient (Wildman–Crippen LogP) is 6.09. The van der Waals surface area contributed by atoms with E-state index in [1.807, 2.05) is 74.0 Å². The molecule has 0 N–H and O–H groups in total. The number of imidazole rings is 2. The fourth-order valence-electron chi connectivity index (χ4n) is 4.94. The Morgan fingerprint density at radius 3 is 1.89 bits per heavy atom. The maximum Gasteiger partial charge on any atom is 0.223 e. The van der Waals surface area contributed by atoms with E-state index in [1.54, 1.807) is 24.3 Å². The van der Waals surface area contributed by atoms with Crippen LogP contribution in [0.2, 0.25) is 0 Å². The van der Waals surface area contributed by atoms with Crippen molar-refractivity contribution >= 4 is 50.3 Å². The van der Waals surface area contributed by atoms with E-state index in [0.29, 0.717) is 33.8 Å². The molecule has 0 fully saturated rings. The molecule has 0 bridgehead atoms. The summed E-state index contributed by atoms with van der Waals surface area (Å²) in [5, 5.41) is 19.5. The van der Waals surface area contributed by atoms with Crippen LogP contribution in [0.1, 0.15) is 11.1 Å². The molecule has 37 heavy (non-hydrogen) atoms. The highest BCUT2D eigenvalue weighted by Crippen LogP contribution is 2.33. The summed E-state index contributed by atoms with van der Waals surface area (Å²) < 4.78 is 5.90. The van der Waals surface area contributed by atoms with Crippen LogP contribution in [0.5, 0.6) is 0 Å². The number of aromatic nitrogens is 5. The highest BCUT2D eigenvalue weighted by atomic mass is 15.3. The molecule has 0 aliphatic rings. The Labute approximate surface area is 209 Å². The Balaban J connectivity index is 1.90. The first-order valence-corrected chi connectivity index (χ1v) is 11.4. The highest BCUT2D eigenvalue weighted by molar-refractivity contribution is 5.95. The molecule has 0 saturated heterocycles. The summed E-state index contributed by atoms with van der Waals surface area (Å²) >= 11 is 0. The van der Waals surface area contributed by atoms with Gasteiger partial charge in [0.25, 0.3) is 0 Å². The largest absolute Gasteiger partial charge is 0.277 e. The predicted molar refractivity (Wildman–Crippen MR) is 140 cm³/mol. The van der Waals surface area contributed by atoms with Crippen molar-refractivity contribution in [3.8, 4) is 17.8 Å². The first-order valence-electron chi connectivity index (χ1n) is 11.4. The summed E-state index contributed by atoms with van der Waals surface area (Å²) in [6.07, 6.45) is 0. The molecule has 0 atom stereocenters. The highest BCUT2D eigenvalue weighted by Gasteiger charge is 2.20. The van der Waals surface area contributed by atoms with Crippen molar-refractivity contribution in [2.75, 3.05) is 0 Å². The van der Waals surface area contributed by atoms with Gasteiger partial charge in [-0.25, -0.2) is 19.4 Å². The van der Waals surface area contributed by atoms with Crippen LogP contribution in [0.4, 0.5) is 5.69 Å². The first-order chi connectivity index (χ1) is 18.2. The fraction of sp³-hybridized carbons (Fsp3) is 0. The van der Waals surface area contributed by atoms with Crippen molar-refractivity contribution in [1.82, 2.24) is 23.3 Å². The minimum atomic E-state index is 0.260. The molecule has 0 unspecified atom stereocenters. The summed E-state index contributed by atoms with van der Waals surface area (Å²) in [6, 6.07) is 30.7. The van der Waals surface area contributed by atoms with E-state index >= 15 is 0 Å².